The van der Waals surface area contributed by atoms with E-state index in [9.17, 15) is 9.90 Å². The molecule has 6 nitrogen and oxygen atoms in total. The summed E-state index contributed by atoms with van der Waals surface area (Å²) in [5.41, 5.74) is 1.20. The Kier molecular flexibility index (Phi) is 3.29. The van der Waals surface area contributed by atoms with Crippen molar-refractivity contribution >= 4 is 16.8 Å². The molecule has 0 unspecified atom stereocenters. The van der Waals surface area contributed by atoms with Crippen LogP contribution >= 0.6 is 0 Å². The van der Waals surface area contributed by atoms with Crippen molar-refractivity contribution in [3.8, 4) is 0 Å². The molecule has 2 N–H and O–H groups in total. The number of aromatic nitrogens is 1. The number of fused-ring (bicyclic) bond motifs is 2. The summed E-state index contributed by atoms with van der Waals surface area (Å²) >= 11 is 0. The number of hydrogen-bond acceptors (Lipinski definition) is 5. The van der Waals surface area contributed by atoms with Crippen LogP contribution in [0.2, 0.25) is 0 Å². The largest absolute Gasteiger partial charge is 0.388 e. The van der Waals surface area contributed by atoms with Gasteiger partial charge in [-0.05, 0) is 12.1 Å². The summed E-state index contributed by atoms with van der Waals surface area (Å²) in [6.45, 7) is 0.591. The standard InChI is InChI=1S/C16H16N2O4/c19-12-8-22-14-11(7-21-15(12)14)18-16(20)10-5-1-3-9-4-2-6-17-13(9)10/h1-6,11-12,14-15,19H,7-8H2,(H,18,20)/t11-,12-,14-,15-/m1/s1. The molecule has 1 aromatic heterocycles. The number of aliphatic hydroxyl groups excluding tert-OH is 1. The first-order valence-corrected chi connectivity index (χ1v) is 7.30. The van der Waals surface area contributed by atoms with Crippen LogP contribution in [-0.4, -0.2) is 53.6 Å². The Morgan fingerprint density at radius 3 is 2.91 bits per heavy atom. The van der Waals surface area contributed by atoms with Gasteiger partial charge in [-0.3, -0.25) is 9.78 Å². The lowest BCUT2D eigenvalue weighted by atomic mass is 10.1. The number of ether oxygens (including phenoxy) is 2. The topological polar surface area (TPSA) is 80.7 Å². The maximum atomic E-state index is 12.6. The Bertz CT molecular complexity index is 715. The predicted molar refractivity (Wildman–Crippen MR) is 78.5 cm³/mol. The van der Waals surface area contributed by atoms with Crippen molar-refractivity contribution in [1.29, 1.82) is 0 Å². The number of nitrogens with zero attached hydrogens (tertiary/aromatic N) is 1. The fraction of sp³-hybridized carbons (Fsp3) is 0.375. The Morgan fingerprint density at radius 1 is 1.18 bits per heavy atom. The van der Waals surface area contributed by atoms with Gasteiger partial charge in [0.05, 0.1) is 30.3 Å². The van der Waals surface area contributed by atoms with Crippen LogP contribution in [0.5, 0.6) is 0 Å². The molecular formula is C16H16N2O4. The maximum absolute atomic E-state index is 12.6. The van der Waals surface area contributed by atoms with Crippen molar-refractivity contribution in [3.05, 3.63) is 42.1 Å². The lowest BCUT2D eigenvalue weighted by molar-refractivity contribution is 0.0178. The minimum Gasteiger partial charge on any atom is -0.388 e. The first-order valence-electron chi connectivity index (χ1n) is 7.30. The van der Waals surface area contributed by atoms with Gasteiger partial charge in [-0.25, -0.2) is 0 Å². The Labute approximate surface area is 127 Å². The number of hydrogen-bond donors (Lipinski definition) is 2. The van der Waals surface area contributed by atoms with E-state index in [4.69, 9.17) is 9.47 Å². The molecule has 2 aliphatic heterocycles. The molecule has 4 rings (SSSR count). The van der Waals surface area contributed by atoms with Gasteiger partial charge >= 0.3 is 0 Å². The zero-order valence-electron chi connectivity index (χ0n) is 11.8. The van der Waals surface area contributed by atoms with Gasteiger partial charge in [0, 0.05) is 11.6 Å². The van der Waals surface area contributed by atoms with E-state index in [-0.39, 0.29) is 30.8 Å². The third-order valence-electron chi connectivity index (χ3n) is 4.22. The molecule has 2 aromatic rings. The molecule has 22 heavy (non-hydrogen) atoms. The van der Waals surface area contributed by atoms with Crippen molar-refractivity contribution in [2.24, 2.45) is 0 Å². The van der Waals surface area contributed by atoms with E-state index in [2.05, 4.69) is 10.3 Å². The summed E-state index contributed by atoms with van der Waals surface area (Å²) < 4.78 is 11.0. The fourth-order valence-corrected chi connectivity index (χ4v) is 3.14. The number of carbonyl (C=O) groups is 1. The van der Waals surface area contributed by atoms with Crippen molar-refractivity contribution < 1.29 is 19.4 Å². The Balaban J connectivity index is 1.57. The molecule has 1 aromatic carbocycles. The molecule has 2 fully saturated rings. The van der Waals surface area contributed by atoms with Crippen LogP contribution in [0.15, 0.2) is 36.5 Å². The van der Waals surface area contributed by atoms with Gasteiger partial charge in [-0.15, -0.1) is 0 Å². The smallest absolute Gasteiger partial charge is 0.253 e. The molecular weight excluding hydrogens is 284 g/mol. The Hall–Kier alpha value is -2.02. The minimum atomic E-state index is -0.619. The molecule has 0 aliphatic carbocycles. The van der Waals surface area contributed by atoms with Gasteiger partial charge in [-0.2, -0.15) is 0 Å². The highest BCUT2D eigenvalue weighted by Crippen LogP contribution is 2.27. The second-order valence-corrected chi connectivity index (χ2v) is 5.62. The van der Waals surface area contributed by atoms with E-state index in [0.29, 0.717) is 17.7 Å². The van der Waals surface area contributed by atoms with Gasteiger partial charge in [0.25, 0.3) is 5.91 Å². The third kappa shape index (κ3) is 2.16. The highest BCUT2D eigenvalue weighted by atomic mass is 16.6. The number of rotatable bonds is 2. The number of amides is 1. The predicted octanol–water partition coefficient (Wildman–Crippen LogP) is 0.492. The number of carbonyl (C=O) groups excluding carboxylic acids is 1. The molecule has 2 aliphatic rings. The van der Waals surface area contributed by atoms with Crippen molar-refractivity contribution in [2.45, 2.75) is 24.4 Å². The summed E-state index contributed by atoms with van der Waals surface area (Å²) in [6, 6.07) is 9.01. The minimum absolute atomic E-state index is 0.205. The molecule has 0 radical (unpaired) electrons. The maximum Gasteiger partial charge on any atom is 0.253 e. The second-order valence-electron chi connectivity index (χ2n) is 5.62. The summed E-state index contributed by atoms with van der Waals surface area (Å²) in [5, 5.41) is 13.6. The molecule has 1 amide bonds. The Morgan fingerprint density at radius 2 is 2.00 bits per heavy atom. The first kappa shape index (κ1) is 13.6. The zero-order chi connectivity index (χ0) is 15.1. The third-order valence-corrected chi connectivity index (χ3v) is 4.22. The molecule has 4 atom stereocenters. The van der Waals surface area contributed by atoms with E-state index in [1.807, 2.05) is 24.3 Å². The zero-order valence-corrected chi connectivity index (χ0v) is 11.8. The highest BCUT2D eigenvalue weighted by molar-refractivity contribution is 6.05. The number of benzene rings is 1. The van der Waals surface area contributed by atoms with Crippen LogP contribution in [-0.2, 0) is 9.47 Å². The average Bonchev–Trinajstić information content (AvgIpc) is 3.11. The van der Waals surface area contributed by atoms with Gasteiger partial charge in [-0.1, -0.05) is 18.2 Å². The number of para-hydroxylation sites is 1. The van der Waals surface area contributed by atoms with Gasteiger partial charge in [0.1, 0.15) is 18.3 Å². The lowest BCUT2D eigenvalue weighted by Crippen LogP contribution is -2.44. The molecule has 0 bridgehead atoms. The molecule has 0 saturated carbocycles. The molecule has 0 spiro atoms. The average molecular weight is 300 g/mol. The van der Waals surface area contributed by atoms with Gasteiger partial charge in [0.15, 0.2) is 0 Å². The SMILES string of the molecule is O=C(N[C@@H]1CO[C@H]2[C@@H]1OC[C@H]2O)c1cccc2cccnc12. The van der Waals surface area contributed by atoms with Crippen molar-refractivity contribution in [3.63, 3.8) is 0 Å². The van der Waals surface area contributed by atoms with Crippen LogP contribution < -0.4 is 5.32 Å². The summed E-state index contributed by atoms with van der Waals surface area (Å²) in [4.78, 5) is 16.9. The fourth-order valence-electron chi connectivity index (χ4n) is 3.14. The van der Waals surface area contributed by atoms with Crippen LogP contribution in [0.25, 0.3) is 10.9 Å². The van der Waals surface area contributed by atoms with Crippen molar-refractivity contribution in [2.75, 3.05) is 13.2 Å². The normalized spacial score (nSPS) is 30.4. The van der Waals surface area contributed by atoms with Gasteiger partial charge in [0.2, 0.25) is 0 Å². The summed E-state index contributed by atoms with van der Waals surface area (Å²) in [7, 11) is 0. The van der Waals surface area contributed by atoms with Crippen LogP contribution in [0.4, 0.5) is 0 Å². The number of pyridine rings is 1. The number of nitrogens with one attached hydrogen (secondary N) is 1. The van der Waals surface area contributed by atoms with E-state index < -0.39 is 6.10 Å². The molecule has 114 valence electrons. The second kappa shape index (κ2) is 5.31. The highest BCUT2D eigenvalue weighted by Gasteiger charge is 2.47. The van der Waals surface area contributed by atoms with Crippen LogP contribution in [0, 0.1) is 0 Å². The number of aliphatic hydroxyl groups is 1. The lowest BCUT2D eigenvalue weighted by Gasteiger charge is -2.17. The van der Waals surface area contributed by atoms with E-state index >= 15 is 0 Å². The van der Waals surface area contributed by atoms with Crippen LogP contribution in [0.3, 0.4) is 0 Å². The quantitative estimate of drug-likeness (QED) is 0.844. The van der Waals surface area contributed by atoms with Crippen LogP contribution in [0.1, 0.15) is 10.4 Å². The van der Waals surface area contributed by atoms with E-state index in [1.165, 1.54) is 0 Å². The summed E-state index contributed by atoms with van der Waals surface area (Å²) in [5.74, 6) is -0.205. The monoisotopic (exact) mass is 300 g/mol. The first-order chi connectivity index (χ1) is 10.7. The molecule has 2 saturated heterocycles. The van der Waals surface area contributed by atoms with E-state index in [0.717, 1.165) is 5.39 Å². The summed E-state index contributed by atoms with van der Waals surface area (Å²) in [6.07, 6.45) is 0.411. The van der Waals surface area contributed by atoms with Gasteiger partial charge < -0.3 is 19.9 Å². The van der Waals surface area contributed by atoms with Crippen molar-refractivity contribution in [1.82, 2.24) is 10.3 Å². The molecule has 6 heteroatoms. The molecule has 3 heterocycles. The van der Waals surface area contributed by atoms with E-state index in [1.54, 1.807) is 12.3 Å².